The molecule has 8 nitrogen and oxygen atoms in total. The highest BCUT2D eigenvalue weighted by molar-refractivity contribution is 7.21. The van der Waals surface area contributed by atoms with Gasteiger partial charge in [0, 0.05) is 12.4 Å². The van der Waals surface area contributed by atoms with Crippen LogP contribution in [-0.2, 0) is 6.54 Å². The van der Waals surface area contributed by atoms with E-state index in [4.69, 9.17) is 10.2 Å². The molecule has 4 aromatic heterocycles. The van der Waals surface area contributed by atoms with Gasteiger partial charge < -0.3 is 15.5 Å². The largest absolute Gasteiger partial charge is 0.462 e. The number of furan rings is 1. The van der Waals surface area contributed by atoms with Crippen LogP contribution in [-0.4, -0.2) is 24.9 Å². The molecule has 0 fully saturated rings. The van der Waals surface area contributed by atoms with Crippen molar-refractivity contribution in [2.75, 3.05) is 11.1 Å². The number of nitrogens with zero attached hydrogens (tertiary/aromatic N) is 5. The fourth-order valence-electron chi connectivity index (χ4n) is 2.02. The van der Waals surface area contributed by atoms with Gasteiger partial charge in [0.25, 0.3) is 0 Å². The van der Waals surface area contributed by atoms with Gasteiger partial charge in [-0.15, -0.1) is 0 Å². The average molecular weight is 325 g/mol. The minimum atomic E-state index is 0.325. The van der Waals surface area contributed by atoms with Gasteiger partial charge in [0.2, 0.25) is 5.95 Å². The molecule has 0 aliphatic carbocycles. The summed E-state index contributed by atoms with van der Waals surface area (Å²) in [5, 5.41) is 3.81. The highest BCUT2D eigenvalue weighted by atomic mass is 32.1. The molecule has 4 aromatic rings. The molecule has 0 atom stereocenters. The van der Waals surface area contributed by atoms with E-state index in [0.717, 1.165) is 10.7 Å². The molecule has 3 N–H and O–H groups in total. The van der Waals surface area contributed by atoms with Crippen molar-refractivity contribution < 1.29 is 4.42 Å². The molecule has 0 saturated heterocycles. The standard InChI is InChI=1S/C14H11N7OS/c15-11-10-13(23-12(19-10)9-2-1-5-22-9)21-14(20-11)18-7-8-6-16-3-4-17-8/h1-6H,7H2,(H3,15,18,20,21). The van der Waals surface area contributed by atoms with Crippen LogP contribution in [0.4, 0.5) is 11.8 Å². The van der Waals surface area contributed by atoms with Crippen LogP contribution in [0, 0.1) is 0 Å². The first-order chi connectivity index (χ1) is 11.3. The first kappa shape index (κ1) is 13.6. The highest BCUT2D eigenvalue weighted by Gasteiger charge is 2.14. The maximum atomic E-state index is 5.99. The molecule has 0 spiro atoms. The first-order valence-electron chi connectivity index (χ1n) is 6.76. The zero-order chi connectivity index (χ0) is 15.6. The third-order valence-corrected chi connectivity index (χ3v) is 4.03. The van der Waals surface area contributed by atoms with Crippen LogP contribution < -0.4 is 11.1 Å². The van der Waals surface area contributed by atoms with E-state index >= 15 is 0 Å². The lowest BCUT2D eigenvalue weighted by atomic mass is 10.4. The number of hydrogen-bond donors (Lipinski definition) is 2. The highest BCUT2D eigenvalue weighted by Crippen LogP contribution is 2.31. The summed E-state index contributed by atoms with van der Waals surface area (Å²) in [4.78, 5) is 22.0. The molecule has 0 bridgehead atoms. The minimum absolute atomic E-state index is 0.325. The van der Waals surface area contributed by atoms with Crippen LogP contribution in [0.15, 0.2) is 41.4 Å². The molecular weight excluding hydrogens is 314 g/mol. The maximum absolute atomic E-state index is 5.99. The predicted octanol–water partition coefficient (Wildman–Crippen LogP) is 2.33. The van der Waals surface area contributed by atoms with Gasteiger partial charge in [0.15, 0.2) is 21.4 Å². The molecule has 4 heterocycles. The SMILES string of the molecule is Nc1nc(NCc2cnccn2)nc2sc(-c3ccco3)nc12. The van der Waals surface area contributed by atoms with Crippen LogP contribution in [0.5, 0.6) is 0 Å². The summed E-state index contributed by atoms with van der Waals surface area (Å²) < 4.78 is 5.35. The van der Waals surface area contributed by atoms with Gasteiger partial charge in [-0.05, 0) is 12.1 Å². The lowest BCUT2D eigenvalue weighted by Gasteiger charge is -2.04. The van der Waals surface area contributed by atoms with Gasteiger partial charge in [-0.2, -0.15) is 4.98 Å². The Morgan fingerprint density at radius 2 is 2.17 bits per heavy atom. The smallest absolute Gasteiger partial charge is 0.226 e. The van der Waals surface area contributed by atoms with Crippen molar-refractivity contribution in [1.82, 2.24) is 24.9 Å². The normalized spacial score (nSPS) is 11.0. The molecule has 9 heteroatoms. The Balaban J connectivity index is 1.64. The number of fused-ring (bicyclic) bond motifs is 1. The summed E-state index contributed by atoms with van der Waals surface area (Å²) in [5.74, 6) is 1.43. The molecule has 23 heavy (non-hydrogen) atoms. The molecule has 0 aromatic carbocycles. The molecule has 0 aliphatic heterocycles. The third kappa shape index (κ3) is 2.69. The van der Waals surface area contributed by atoms with Gasteiger partial charge in [-0.1, -0.05) is 11.3 Å². The molecule has 114 valence electrons. The van der Waals surface area contributed by atoms with Gasteiger partial charge >= 0.3 is 0 Å². The van der Waals surface area contributed by atoms with Crippen molar-refractivity contribution in [3.63, 3.8) is 0 Å². The summed E-state index contributed by atoms with van der Waals surface area (Å²) >= 11 is 1.40. The Kier molecular flexibility index (Phi) is 3.31. The van der Waals surface area contributed by atoms with Crippen LogP contribution in [0.1, 0.15) is 5.69 Å². The number of rotatable bonds is 4. The quantitative estimate of drug-likeness (QED) is 0.587. The van der Waals surface area contributed by atoms with Gasteiger partial charge in [-0.3, -0.25) is 9.97 Å². The van der Waals surface area contributed by atoms with Gasteiger partial charge in [-0.25, -0.2) is 9.97 Å². The Hall–Kier alpha value is -3.07. The number of nitrogens with two attached hydrogens (primary N) is 1. The zero-order valence-electron chi connectivity index (χ0n) is 11.8. The van der Waals surface area contributed by atoms with E-state index in [-0.39, 0.29) is 0 Å². The monoisotopic (exact) mass is 325 g/mol. The zero-order valence-corrected chi connectivity index (χ0v) is 12.6. The molecule has 0 saturated carbocycles. The fraction of sp³-hybridized carbons (Fsp3) is 0.0714. The number of nitrogens with one attached hydrogen (secondary N) is 1. The lowest BCUT2D eigenvalue weighted by Crippen LogP contribution is -2.06. The molecule has 0 amide bonds. The number of nitrogen functional groups attached to an aromatic ring is 1. The van der Waals surface area contributed by atoms with Crippen molar-refractivity contribution in [3.05, 3.63) is 42.7 Å². The second-order valence-electron chi connectivity index (χ2n) is 4.63. The second-order valence-corrected chi connectivity index (χ2v) is 5.61. The summed E-state index contributed by atoms with van der Waals surface area (Å²) in [6.45, 7) is 0.461. The van der Waals surface area contributed by atoms with E-state index in [9.17, 15) is 0 Å². The van der Waals surface area contributed by atoms with E-state index in [2.05, 4.69) is 30.2 Å². The number of hydrogen-bond acceptors (Lipinski definition) is 9. The summed E-state index contributed by atoms with van der Waals surface area (Å²) in [5.41, 5.74) is 7.35. The lowest BCUT2D eigenvalue weighted by molar-refractivity contribution is 0.582. The van der Waals surface area contributed by atoms with E-state index in [1.807, 2.05) is 12.1 Å². The Labute approximate surface area is 134 Å². The first-order valence-corrected chi connectivity index (χ1v) is 7.58. The van der Waals surface area contributed by atoms with E-state index in [0.29, 0.717) is 34.4 Å². The van der Waals surface area contributed by atoms with Gasteiger partial charge in [0.1, 0.15) is 5.52 Å². The van der Waals surface area contributed by atoms with Crippen LogP contribution in [0.2, 0.25) is 0 Å². The molecule has 0 radical (unpaired) electrons. The van der Waals surface area contributed by atoms with Crippen molar-refractivity contribution in [2.45, 2.75) is 6.54 Å². The van der Waals surface area contributed by atoms with Crippen molar-refractivity contribution in [3.8, 4) is 10.8 Å². The average Bonchev–Trinajstić information content (AvgIpc) is 3.23. The Bertz CT molecular complexity index is 937. The predicted molar refractivity (Wildman–Crippen MR) is 86.7 cm³/mol. The summed E-state index contributed by atoms with van der Waals surface area (Å²) in [7, 11) is 0. The Morgan fingerprint density at radius 1 is 1.22 bits per heavy atom. The topological polar surface area (TPSA) is 116 Å². The molecule has 0 unspecified atom stereocenters. The van der Waals surface area contributed by atoms with Crippen molar-refractivity contribution >= 4 is 33.5 Å². The maximum Gasteiger partial charge on any atom is 0.226 e. The van der Waals surface area contributed by atoms with Crippen LogP contribution in [0.25, 0.3) is 21.1 Å². The Morgan fingerprint density at radius 3 is 2.96 bits per heavy atom. The number of thiazole rings is 1. The molecule has 4 rings (SSSR count). The second kappa shape index (κ2) is 5.61. The molecule has 0 aliphatic rings. The van der Waals surface area contributed by atoms with E-state index in [1.54, 1.807) is 24.9 Å². The summed E-state index contributed by atoms with van der Waals surface area (Å²) in [6.07, 6.45) is 6.53. The van der Waals surface area contributed by atoms with Gasteiger partial charge in [0.05, 0.1) is 24.7 Å². The fourth-order valence-corrected chi connectivity index (χ4v) is 2.93. The third-order valence-electron chi connectivity index (χ3n) is 3.06. The summed E-state index contributed by atoms with van der Waals surface area (Å²) in [6, 6.07) is 3.65. The number of aromatic nitrogens is 5. The molecular formula is C14H11N7OS. The number of anilines is 2. The minimum Gasteiger partial charge on any atom is -0.462 e. The van der Waals surface area contributed by atoms with Crippen LogP contribution in [0.3, 0.4) is 0 Å². The van der Waals surface area contributed by atoms with Crippen LogP contribution >= 0.6 is 11.3 Å². The van der Waals surface area contributed by atoms with E-state index < -0.39 is 0 Å². The van der Waals surface area contributed by atoms with Crippen molar-refractivity contribution in [2.24, 2.45) is 0 Å². The van der Waals surface area contributed by atoms with Crippen molar-refractivity contribution in [1.29, 1.82) is 0 Å². The van der Waals surface area contributed by atoms with E-state index in [1.165, 1.54) is 11.3 Å².